The fourth-order valence-corrected chi connectivity index (χ4v) is 2.62. The zero-order valence-electron chi connectivity index (χ0n) is 14.2. The molecular weight excluding hydrogens is 308 g/mol. The highest BCUT2D eigenvalue weighted by atomic mass is 16.6. The molecule has 0 N–H and O–H groups in total. The van der Waals surface area contributed by atoms with Crippen LogP contribution in [0.3, 0.4) is 0 Å². The largest absolute Gasteiger partial charge is 0.496 e. The number of hydrogen-bond acceptors (Lipinski definition) is 4. The molecule has 126 valence electrons. The molecular formula is C18H20N2O4. The zero-order chi connectivity index (χ0) is 17.9. The lowest BCUT2D eigenvalue weighted by molar-refractivity contribution is -0.385. The van der Waals surface area contributed by atoms with Gasteiger partial charge in [-0.3, -0.25) is 14.9 Å². The van der Waals surface area contributed by atoms with E-state index < -0.39 is 4.92 Å². The Kier molecular flexibility index (Phi) is 5.18. The minimum Gasteiger partial charge on any atom is -0.496 e. The number of nitrogens with zero attached hydrogens (tertiary/aromatic N) is 2. The lowest BCUT2D eigenvalue weighted by atomic mass is 10.0. The van der Waals surface area contributed by atoms with E-state index in [9.17, 15) is 14.9 Å². The van der Waals surface area contributed by atoms with Gasteiger partial charge in [-0.15, -0.1) is 0 Å². The molecule has 2 aromatic carbocycles. The maximum atomic E-state index is 12.7. The molecule has 0 atom stereocenters. The quantitative estimate of drug-likeness (QED) is 0.622. The van der Waals surface area contributed by atoms with Gasteiger partial charge in [0.25, 0.3) is 11.6 Å². The Bertz CT molecular complexity index is 787. The van der Waals surface area contributed by atoms with Gasteiger partial charge in [-0.1, -0.05) is 23.8 Å². The van der Waals surface area contributed by atoms with Crippen LogP contribution in [0.25, 0.3) is 0 Å². The Morgan fingerprint density at radius 1 is 1.25 bits per heavy atom. The van der Waals surface area contributed by atoms with Crippen molar-refractivity contribution >= 4 is 11.6 Å². The Morgan fingerprint density at radius 3 is 2.58 bits per heavy atom. The summed E-state index contributed by atoms with van der Waals surface area (Å²) in [5.41, 5.74) is 2.60. The van der Waals surface area contributed by atoms with E-state index in [4.69, 9.17) is 4.74 Å². The summed E-state index contributed by atoms with van der Waals surface area (Å²) in [4.78, 5) is 24.8. The third-order valence-corrected chi connectivity index (χ3v) is 3.92. The first kappa shape index (κ1) is 17.5. The number of amides is 1. The Balaban J connectivity index is 2.30. The number of nitro groups is 1. The second-order valence-corrected chi connectivity index (χ2v) is 5.68. The van der Waals surface area contributed by atoms with Gasteiger partial charge in [0, 0.05) is 36.3 Å². The number of ether oxygens (including phenoxy) is 1. The van der Waals surface area contributed by atoms with E-state index in [1.54, 1.807) is 27.1 Å². The Hall–Kier alpha value is -2.89. The minimum absolute atomic E-state index is 0.0533. The van der Waals surface area contributed by atoms with Crippen LogP contribution in [0.4, 0.5) is 5.69 Å². The van der Waals surface area contributed by atoms with Crippen LogP contribution in [-0.2, 0) is 6.54 Å². The van der Waals surface area contributed by atoms with Crippen LogP contribution in [0, 0.1) is 24.0 Å². The topological polar surface area (TPSA) is 72.7 Å². The Labute approximate surface area is 140 Å². The zero-order valence-corrected chi connectivity index (χ0v) is 14.2. The van der Waals surface area contributed by atoms with Crippen molar-refractivity contribution in [1.82, 2.24) is 4.90 Å². The van der Waals surface area contributed by atoms with Crippen LogP contribution in [0.1, 0.15) is 27.0 Å². The normalized spacial score (nSPS) is 10.3. The first-order valence-corrected chi connectivity index (χ1v) is 7.48. The molecule has 1 amide bonds. The van der Waals surface area contributed by atoms with E-state index >= 15 is 0 Å². The molecule has 0 radical (unpaired) electrons. The first-order chi connectivity index (χ1) is 11.3. The van der Waals surface area contributed by atoms with E-state index in [0.717, 1.165) is 11.1 Å². The number of rotatable bonds is 5. The summed E-state index contributed by atoms with van der Waals surface area (Å²) in [5.74, 6) is 0.441. The predicted molar refractivity (Wildman–Crippen MR) is 91.4 cm³/mol. The van der Waals surface area contributed by atoms with Crippen molar-refractivity contribution in [3.63, 3.8) is 0 Å². The van der Waals surface area contributed by atoms with Gasteiger partial charge in [0.2, 0.25) is 0 Å². The summed E-state index contributed by atoms with van der Waals surface area (Å²) in [6.45, 7) is 3.91. The molecule has 2 aromatic rings. The van der Waals surface area contributed by atoms with Gasteiger partial charge in [0.05, 0.1) is 12.0 Å². The number of carbonyl (C=O) groups is 1. The molecule has 0 saturated carbocycles. The molecule has 6 nitrogen and oxygen atoms in total. The molecule has 0 aromatic heterocycles. The fourth-order valence-electron chi connectivity index (χ4n) is 2.62. The number of benzene rings is 2. The second-order valence-electron chi connectivity index (χ2n) is 5.68. The van der Waals surface area contributed by atoms with Crippen LogP contribution in [0.15, 0.2) is 36.4 Å². The van der Waals surface area contributed by atoms with Crippen LogP contribution < -0.4 is 4.74 Å². The Morgan fingerprint density at radius 2 is 1.96 bits per heavy atom. The molecule has 0 fully saturated rings. The number of methoxy groups -OCH3 is 1. The van der Waals surface area contributed by atoms with Crippen molar-refractivity contribution in [1.29, 1.82) is 0 Å². The van der Waals surface area contributed by atoms with E-state index in [2.05, 4.69) is 0 Å². The van der Waals surface area contributed by atoms with Crippen LogP contribution in [-0.4, -0.2) is 29.9 Å². The summed E-state index contributed by atoms with van der Waals surface area (Å²) in [6, 6.07) is 10.3. The van der Waals surface area contributed by atoms with E-state index in [1.807, 2.05) is 25.1 Å². The summed E-state index contributed by atoms with van der Waals surface area (Å²) >= 11 is 0. The maximum absolute atomic E-state index is 12.7. The van der Waals surface area contributed by atoms with Crippen molar-refractivity contribution in [2.75, 3.05) is 14.2 Å². The molecule has 6 heteroatoms. The van der Waals surface area contributed by atoms with Crippen molar-refractivity contribution in [2.24, 2.45) is 0 Å². The van der Waals surface area contributed by atoms with Crippen molar-refractivity contribution in [3.05, 3.63) is 68.8 Å². The van der Waals surface area contributed by atoms with E-state index in [1.165, 1.54) is 17.0 Å². The number of carbonyl (C=O) groups excluding carboxylic acids is 1. The monoisotopic (exact) mass is 328 g/mol. The molecule has 0 saturated heterocycles. The third-order valence-electron chi connectivity index (χ3n) is 3.92. The molecule has 0 aliphatic heterocycles. The number of aryl methyl sites for hydroxylation is 1. The van der Waals surface area contributed by atoms with Gasteiger partial charge < -0.3 is 9.64 Å². The summed E-state index contributed by atoms with van der Waals surface area (Å²) < 4.78 is 5.33. The van der Waals surface area contributed by atoms with Crippen LogP contribution >= 0.6 is 0 Å². The summed E-state index contributed by atoms with van der Waals surface area (Å²) in [6.07, 6.45) is 0. The summed E-state index contributed by atoms with van der Waals surface area (Å²) in [7, 11) is 3.25. The molecule has 2 rings (SSSR count). The molecule has 0 spiro atoms. The summed E-state index contributed by atoms with van der Waals surface area (Å²) in [5, 5.41) is 11.0. The van der Waals surface area contributed by atoms with Gasteiger partial charge in [0.15, 0.2) is 0 Å². The first-order valence-electron chi connectivity index (χ1n) is 7.48. The maximum Gasteiger partial charge on any atom is 0.273 e. The fraction of sp³-hybridized carbons (Fsp3) is 0.278. The molecule has 0 heterocycles. The van der Waals surface area contributed by atoms with Crippen molar-refractivity contribution in [3.8, 4) is 5.75 Å². The van der Waals surface area contributed by atoms with Gasteiger partial charge in [0.1, 0.15) is 5.75 Å². The van der Waals surface area contributed by atoms with Crippen LogP contribution in [0.5, 0.6) is 5.75 Å². The highest BCUT2D eigenvalue weighted by molar-refractivity contribution is 5.96. The minimum atomic E-state index is -0.476. The van der Waals surface area contributed by atoms with Crippen LogP contribution in [0.2, 0.25) is 0 Å². The van der Waals surface area contributed by atoms with Gasteiger partial charge in [-0.05, 0) is 26.0 Å². The highest BCUT2D eigenvalue weighted by Crippen LogP contribution is 2.24. The number of nitro benzene ring substituents is 1. The SMILES string of the molecule is COc1ccc(C)cc1CN(C)C(=O)c1cccc([N+](=O)[O-])c1C. The van der Waals surface area contributed by atoms with E-state index in [0.29, 0.717) is 23.4 Å². The second kappa shape index (κ2) is 7.12. The predicted octanol–water partition coefficient (Wildman–Crippen LogP) is 3.49. The molecule has 0 aliphatic rings. The molecule has 0 aliphatic carbocycles. The van der Waals surface area contributed by atoms with Gasteiger partial charge in [-0.25, -0.2) is 0 Å². The third kappa shape index (κ3) is 3.53. The van der Waals surface area contributed by atoms with Crippen molar-refractivity contribution in [2.45, 2.75) is 20.4 Å². The van der Waals surface area contributed by atoms with Crippen molar-refractivity contribution < 1.29 is 14.5 Å². The van der Waals surface area contributed by atoms with Gasteiger partial charge in [-0.2, -0.15) is 0 Å². The lowest BCUT2D eigenvalue weighted by Gasteiger charge is -2.20. The highest BCUT2D eigenvalue weighted by Gasteiger charge is 2.21. The van der Waals surface area contributed by atoms with Gasteiger partial charge >= 0.3 is 0 Å². The lowest BCUT2D eigenvalue weighted by Crippen LogP contribution is -2.27. The van der Waals surface area contributed by atoms with E-state index in [-0.39, 0.29) is 11.6 Å². The molecule has 0 bridgehead atoms. The standard InChI is InChI=1S/C18H20N2O4/c1-12-8-9-17(24-4)14(10-12)11-19(3)18(21)15-6-5-7-16(13(15)2)20(22)23/h5-10H,11H2,1-4H3. The average Bonchev–Trinajstić information content (AvgIpc) is 2.54. The smallest absolute Gasteiger partial charge is 0.273 e. The average molecular weight is 328 g/mol. The molecule has 0 unspecified atom stereocenters. The molecule has 24 heavy (non-hydrogen) atoms. The number of hydrogen-bond donors (Lipinski definition) is 0.